The number of amides is 3. The van der Waals surface area contributed by atoms with Gasteiger partial charge in [0.1, 0.15) is 0 Å². The number of urea groups is 1. The van der Waals surface area contributed by atoms with E-state index in [-0.39, 0.29) is 18.2 Å². The van der Waals surface area contributed by atoms with E-state index in [1.54, 1.807) is 36.1 Å². The number of hydrogen-bond donors (Lipinski definition) is 2. The second-order valence-electron chi connectivity index (χ2n) is 5.04. The third-order valence-corrected chi connectivity index (χ3v) is 3.81. The molecule has 7 heteroatoms. The van der Waals surface area contributed by atoms with Gasteiger partial charge < -0.3 is 20.3 Å². The standard InChI is InChI=1S/C15H20ClN3O3/c1-2-22-15(21)19-9-7-11(8-10-19)17-14(20)18-13-6-4-3-5-12(13)16/h3-6,11H,2,7-10H2,1H3,(H2,17,18,20). The molecule has 0 aliphatic carbocycles. The number of nitrogens with one attached hydrogen (secondary N) is 2. The molecule has 1 aromatic carbocycles. The number of hydrogen-bond acceptors (Lipinski definition) is 3. The summed E-state index contributed by atoms with van der Waals surface area (Å²) in [7, 11) is 0. The highest BCUT2D eigenvalue weighted by Gasteiger charge is 2.24. The minimum Gasteiger partial charge on any atom is -0.450 e. The Morgan fingerprint density at radius 1 is 1.32 bits per heavy atom. The lowest BCUT2D eigenvalue weighted by Crippen LogP contribution is -2.47. The molecule has 1 heterocycles. The number of rotatable bonds is 3. The van der Waals surface area contributed by atoms with Crippen molar-refractivity contribution in [1.29, 1.82) is 0 Å². The molecule has 1 aromatic rings. The highest BCUT2D eigenvalue weighted by molar-refractivity contribution is 6.33. The first-order valence-electron chi connectivity index (χ1n) is 7.34. The van der Waals surface area contributed by atoms with Gasteiger partial charge in [-0.1, -0.05) is 23.7 Å². The number of para-hydroxylation sites is 1. The van der Waals surface area contributed by atoms with E-state index in [1.165, 1.54) is 0 Å². The molecule has 0 bridgehead atoms. The van der Waals surface area contributed by atoms with Crippen LogP contribution >= 0.6 is 11.6 Å². The minimum absolute atomic E-state index is 0.0353. The van der Waals surface area contributed by atoms with Crippen LogP contribution in [0.3, 0.4) is 0 Å². The first-order chi connectivity index (χ1) is 10.6. The van der Waals surface area contributed by atoms with Gasteiger partial charge in [0.25, 0.3) is 0 Å². The Bertz CT molecular complexity index is 531. The molecule has 0 atom stereocenters. The van der Waals surface area contributed by atoms with Crippen molar-refractivity contribution in [3.05, 3.63) is 29.3 Å². The van der Waals surface area contributed by atoms with Gasteiger partial charge in [-0.05, 0) is 31.9 Å². The van der Waals surface area contributed by atoms with Crippen LogP contribution in [0.25, 0.3) is 0 Å². The van der Waals surface area contributed by atoms with Gasteiger partial charge in [-0.25, -0.2) is 9.59 Å². The Kier molecular flexibility index (Phi) is 5.89. The highest BCUT2D eigenvalue weighted by Crippen LogP contribution is 2.20. The summed E-state index contributed by atoms with van der Waals surface area (Å²) in [6.45, 7) is 3.31. The Balaban J connectivity index is 1.77. The van der Waals surface area contributed by atoms with E-state index in [9.17, 15) is 9.59 Å². The number of halogens is 1. The summed E-state index contributed by atoms with van der Waals surface area (Å²) in [5, 5.41) is 6.12. The number of piperidine rings is 1. The maximum atomic E-state index is 12.0. The monoisotopic (exact) mass is 325 g/mol. The van der Waals surface area contributed by atoms with Crippen LogP contribution in [0.5, 0.6) is 0 Å². The van der Waals surface area contributed by atoms with Crippen LogP contribution in [0.4, 0.5) is 15.3 Å². The lowest BCUT2D eigenvalue weighted by molar-refractivity contribution is 0.0959. The average molecular weight is 326 g/mol. The molecule has 3 amide bonds. The van der Waals surface area contributed by atoms with Crippen LogP contribution in [0.2, 0.25) is 5.02 Å². The second-order valence-corrected chi connectivity index (χ2v) is 5.45. The van der Waals surface area contributed by atoms with Gasteiger partial charge in [-0.3, -0.25) is 0 Å². The molecule has 2 N–H and O–H groups in total. The van der Waals surface area contributed by atoms with Gasteiger partial charge in [0, 0.05) is 19.1 Å². The Labute approximate surface area is 134 Å². The van der Waals surface area contributed by atoms with Crippen molar-refractivity contribution in [3.8, 4) is 0 Å². The lowest BCUT2D eigenvalue weighted by atomic mass is 10.1. The largest absolute Gasteiger partial charge is 0.450 e. The van der Waals surface area contributed by atoms with Crippen LogP contribution in [0, 0.1) is 0 Å². The van der Waals surface area contributed by atoms with Crippen molar-refractivity contribution < 1.29 is 14.3 Å². The maximum Gasteiger partial charge on any atom is 0.409 e. The van der Waals surface area contributed by atoms with E-state index >= 15 is 0 Å². The second kappa shape index (κ2) is 7.89. The van der Waals surface area contributed by atoms with E-state index in [0.717, 1.165) is 0 Å². The lowest BCUT2D eigenvalue weighted by Gasteiger charge is -2.31. The molecule has 1 aliphatic rings. The molecule has 0 saturated carbocycles. The van der Waals surface area contributed by atoms with Crippen LogP contribution in [-0.4, -0.2) is 42.8 Å². The molecular formula is C15H20ClN3O3. The van der Waals surface area contributed by atoms with E-state index < -0.39 is 0 Å². The normalized spacial score (nSPS) is 15.3. The Morgan fingerprint density at radius 2 is 2.00 bits per heavy atom. The molecular weight excluding hydrogens is 306 g/mol. The fourth-order valence-electron chi connectivity index (χ4n) is 2.33. The number of carbonyl (C=O) groups is 2. The summed E-state index contributed by atoms with van der Waals surface area (Å²) in [6.07, 6.45) is 1.12. The first-order valence-corrected chi connectivity index (χ1v) is 7.71. The third-order valence-electron chi connectivity index (χ3n) is 3.48. The fourth-order valence-corrected chi connectivity index (χ4v) is 2.51. The smallest absolute Gasteiger partial charge is 0.409 e. The number of nitrogens with zero attached hydrogens (tertiary/aromatic N) is 1. The number of ether oxygens (including phenoxy) is 1. The number of likely N-dealkylation sites (tertiary alicyclic amines) is 1. The van der Waals surface area contributed by atoms with Crippen molar-refractivity contribution in [3.63, 3.8) is 0 Å². The predicted octanol–water partition coefficient (Wildman–Crippen LogP) is 3.08. The zero-order chi connectivity index (χ0) is 15.9. The molecule has 0 spiro atoms. The summed E-state index contributed by atoms with van der Waals surface area (Å²) in [4.78, 5) is 25.2. The van der Waals surface area contributed by atoms with Crippen LogP contribution in [0.15, 0.2) is 24.3 Å². The summed E-state index contributed by atoms with van der Waals surface area (Å²) >= 11 is 5.99. The summed E-state index contributed by atoms with van der Waals surface area (Å²) < 4.78 is 4.96. The van der Waals surface area contributed by atoms with Gasteiger partial charge in [0.05, 0.1) is 17.3 Å². The Hall–Kier alpha value is -1.95. The molecule has 6 nitrogen and oxygen atoms in total. The third kappa shape index (κ3) is 4.53. The van der Waals surface area contributed by atoms with Gasteiger partial charge in [-0.15, -0.1) is 0 Å². The van der Waals surface area contributed by atoms with Gasteiger partial charge in [0.15, 0.2) is 0 Å². The topological polar surface area (TPSA) is 70.7 Å². The zero-order valence-electron chi connectivity index (χ0n) is 12.5. The molecule has 2 rings (SSSR count). The number of anilines is 1. The van der Waals surface area contributed by atoms with Gasteiger partial charge in [-0.2, -0.15) is 0 Å². The quantitative estimate of drug-likeness (QED) is 0.897. The predicted molar refractivity (Wildman–Crippen MR) is 85.2 cm³/mol. The summed E-state index contributed by atoms with van der Waals surface area (Å²) in [5.74, 6) is 0. The van der Waals surface area contributed by atoms with Crippen molar-refractivity contribution in [1.82, 2.24) is 10.2 Å². The van der Waals surface area contributed by atoms with Crippen molar-refractivity contribution in [2.45, 2.75) is 25.8 Å². The molecule has 1 saturated heterocycles. The molecule has 0 radical (unpaired) electrons. The van der Waals surface area contributed by atoms with E-state index in [0.29, 0.717) is 43.2 Å². The van der Waals surface area contributed by atoms with Crippen LogP contribution in [0.1, 0.15) is 19.8 Å². The molecule has 1 aliphatic heterocycles. The van der Waals surface area contributed by atoms with Crippen molar-refractivity contribution in [2.24, 2.45) is 0 Å². The summed E-state index contributed by atoms with van der Waals surface area (Å²) in [5.41, 5.74) is 0.575. The molecule has 120 valence electrons. The van der Waals surface area contributed by atoms with Gasteiger partial charge in [0.2, 0.25) is 0 Å². The van der Waals surface area contributed by atoms with Crippen LogP contribution < -0.4 is 10.6 Å². The highest BCUT2D eigenvalue weighted by atomic mass is 35.5. The van der Waals surface area contributed by atoms with E-state index in [1.807, 2.05) is 0 Å². The maximum absolute atomic E-state index is 12.0. The van der Waals surface area contributed by atoms with Crippen molar-refractivity contribution in [2.75, 3.05) is 25.0 Å². The summed E-state index contributed by atoms with van der Waals surface area (Å²) in [6, 6.07) is 6.81. The van der Waals surface area contributed by atoms with Gasteiger partial charge >= 0.3 is 12.1 Å². The molecule has 0 unspecified atom stereocenters. The number of carbonyl (C=O) groups excluding carboxylic acids is 2. The zero-order valence-corrected chi connectivity index (χ0v) is 13.2. The SMILES string of the molecule is CCOC(=O)N1CCC(NC(=O)Nc2ccccc2Cl)CC1. The van der Waals surface area contributed by atoms with E-state index in [4.69, 9.17) is 16.3 Å². The Morgan fingerprint density at radius 3 is 2.64 bits per heavy atom. The molecule has 0 aromatic heterocycles. The minimum atomic E-state index is -0.290. The molecule has 22 heavy (non-hydrogen) atoms. The molecule has 1 fully saturated rings. The van der Waals surface area contributed by atoms with Crippen molar-refractivity contribution >= 4 is 29.4 Å². The van der Waals surface area contributed by atoms with E-state index in [2.05, 4.69) is 10.6 Å². The first kappa shape index (κ1) is 16.4. The average Bonchev–Trinajstić information content (AvgIpc) is 2.50. The van der Waals surface area contributed by atoms with Crippen LogP contribution in [-0.2, 0) is 4.74 Å². The fraction of sp³-hybridized carbons (Fsp3) is 0.467. The number of benzene rings is 1.